The highest BCUT2D eigenvalue weighted by atomic mass is 31.2. The van der Waals surface area contributed by atoms with Crippen LogP contribution in [-0.4, -0.2) is 0 Å². The molecular weight excluding hydrogens is 287 g/mol. The van der Waals surface area contributed by atoms with Crippen molar-refractivity contribution in [2.75, 3.05) is 0 Å². The van der Waals surface area contributed by atoms with Crippen LogP contribution in [0, 0.1) is 0 Å². The molecule has 0 N–H and O–H groups in total. The zero-order valence-corrected chi connectivity index (χ0v) is 14.2. The average molecular weight is 310 g/mol. The molecule has 1 unspecified atom stereocenters. The zero-order chi connectivity index (χ0) is 16.4. The van der Waals surface area contributed by atoms with E-state index in [0.717, 1.165) is 15.9 Å². The number of hydrogen-bond donors (Lipinski definition) is 0. The predicted octanol–water partition coefficient (Wildman–Crippen LogP) is 5.97. The predicted molar refractivity (Wildman–Crippen MR) is 99.9 cm³/mol. The lowest BCUT2D eigenvalue weighted by Crippen LogP contribution is -2.07. The van der Waals surface area contributed by atoms with Crippen molar-refractivity contribution in [2.45, 2.75) is 13.8 Å². The molecule has 0 fully saturated rings. The Morgan fingerprint density at radius 3 is 2.18 bits per heavy atom. The molecule has 22 heavy (non-hydrogen) atoms. The summed E-state index contributed by atoms with van der Waals surface area (Å²) in [6.07, 6.45) is 14.5. The van der Waals surface area contributed by atoms with E-state index >= 15 is 0 Å². The van der Waals surface area contributed by atoms with Crippen molar-refractivity contribution in [2.24, 2.45) is 0 Å². The summed E-state index contributed by atoms with van der Waals surface area (Å²) in [7, 11) is -2.93. The molecule has 0 amide bonds. The third-order valence-corrected chi connectivity index (χ3v) is 6.36. The Morgan fingerprint density at radius 1 is 1.00 bits per heavy atom. The molecule has 0 aliphatic carbocycles. The van der Waals surface area contributed by atoms with E-state index in [1.54, 1.807) is 12.2 Å². The summed E-state index contributed by atoms with van der Waals surface area (Å²) in [5.74, 6) is 0. The molecule has 1 rings (SSSR count). The van der Waals surface area contributed by atoms with Crippen LogP contribution in [0.5, 0.6) is 0 Å². The van der Waals surface area contributed by atoms with Crippen LogP contribution >= 0.6 is 7.14 Å². The third kappa shape index (κ3) is 3.96. The monoisotopic (exact) mass is 310 g/mol. The fourth-order valence-corrected chi connectivity index (χ4v) is 5.01. The lowest BCUT2D eigenvalue weighted by molar-refractivity contribution is 0.589. The van der Waals surface area contributed by atoms with Gasteiger partial charge in [0, 0.05) is 15.9 Å². The molecule has 0 heterocycles. The van der Waals surface area contributed by atoms with Crippen LogP contribution in [0.15, 0.2) is 103 Å². The van der Waals surface area contributed by atoms with Gasteiger partial charge in [-0.25, -0.2) is 0 Å². The standard InChI is InChI=1S/C20H23OP/c1-5-9-15-18(8-4)22(21,19(13-6-2)14-7-3)20-16-11-10-12-17-20/h5-17H,1-2H2,3-4H3/b14-7-,15-9-,18-8+,19-13+. The maximum atomic E-state index is 14.0. The van der Waals surface area contributed by atoms with Gasteiger partial charge < -0.3 is 4.57 Å². The van der Waals surface area contributed by atoms with Crippen LogP contribution in [0.2, 0.25) is 0 Å². The van der Waals surface area contributed by atoms with Crippen LogP contribution in [0.4, 0.5) is 0 Å². The molecule has 114 valence electrons. The van der Waals surface area contributed by atoms with E-state index in [1.165, 1.54) is 0 Å². The summed E-state index contributed by atoms with van der Waals surface area (Å²) in [6, 6.07) is 9.57. The fourth-order valence-electron chi connectivity index (χ4n) is 2.19. The van der Waals surface area contributed by atoms with E-state index in [1.807, 2.05) is 80.6 Å². The number of hydrogen-bond acceptors (Lipinski definition) is 1. The topological polar surface area (TPSA) is 17.1 Å². The second-order valence-corrected chi connectivity index (χ2v) is 7.35. The van der Waals surface area contributed by atoms with Gasteiger partial charge in [-0.1, -0.05) is 92.1 Å². The Balaban J connectivity index is 3.68. The highest BCUT2D eigenvalue weighted by Crippen LogP contribution is 2.60. The van der Waals surface area contributed by atoms with Gasteiger partial charge >= 0.3 is 0 Å². The van der Waals surface area contributed by atoms with Crippen LogP contribution in [0.1, 0.15) is 13.8 Å². The van der Waals surface area contributed by atoms with Crippen molar-refractivity contribution in [3.8, 4) is 0 Å². The van der Waals surface area contributed by atoms with Gasteiger partial charge in [0.1, 0.15) is 0 Å². The van der Waals surface area contributed by atoms with Crippen LogP contribution in [0.25, 0.3) is 0 Å². The molecule has 1 nitrogen and oxygen atoms in total. The lowest BCUT2D eigenvalue weighted by Gasteiger charge is -2.21. The van der Waals surface area contributed by atoms with E-state index in [-0.39, 0.29) is 0 Å². The second kappa shape index (κ2) is 9.02. The minimum absolute atomic E-state index is 0.762. The summed E-state index contributed by atoms with van der Waals surface area (Å²) in [5.41, 5.74) is 0. The fraction of sp³-hybridized carbons (Fsp3) is 0.100. The Kier molecular flexibility index (Phi) is 7.36. The molecule has 0 aliphatic heterocycles. The average Bonchev–Trinajstić information content (AvgIpc) is 2.55. The molecule has 0 saturated carbocycles. The smallest absolute Gasteiger partial charge is 0.170 e. The lowest BCUT2D eigenvalue weighted by atomic mass is 10.4. The molecule has 0 spiro atoms. The Hall–Kier alpha value is -2.11. The van der Waals surface area contributed by atoms with E-state index in [9.17, 15) is 4.57 Å². The van der Waals surface area contributed by atoms with Gasteiger partial charge in [-0.05, 0) is 13.8 Å². The molecule has 0 aromatic heterocycles. The summed E-state index contributed by atoms with van der Waals surface area (Å²) >= 11 is 0. The van der Waals surface area contributed by atoms with Crippen molar-refractivity contribution in [1.82, 2.24) is 0 Å². The first-order valence-corrected chi connectivity index (χ1v) is 8.93. The highest BCUT2D eigenvalue weighted by Gasteiger charge is 2.30. The molecule has 0 aliphatic rings. The second-order valence-electron chi connectivity index (χ2n) is 4.58. The van der Waals surface area contributed by atoms with Crippen molar-refractivity contribution < 1.29 is 4.57 Å². The van der Waals surface area contributed by atoms with E-state index in [2.05, 4.69) is 13.2 Å². The van der Waals surface area contributed by atoms with Crippen molar-refractivity contribution in [1.29, 1.82) is 0 Å². The number of rotatable bonds is 7. The van der Waals surface area contributed by atoms with Gasteiger partial charge in [-0.2, -0.15) is 0 Å². The van der Waals surface area contributed by atoms with Crippen LogP contribution in [-0.2, 0) is 4.57 Å². The summed E-state index contributed by atoms with van der Waals surface area (Å²) in [6.45, 7) is 11.3. The van der Waals surface area contributed by atoms with Gasteiger partial charge in [-0.15, -0.1) is 0 Å². The quantitative estimate of drug-likeness (QED) is 0.448. The first kappa shape index (κ1) is 17.9. The molecule has 1 aromatic carbocycles. The largest absolute Gasteiger partial charge is 0.309 e. The van der Waals surface area contributed by atoms with Gasteiger partial charge in [0.2, 0.25) is 0 Å². The van der Waals surface area contributed by atoms with E-state index in [0.29, 0.717) is 0 Å². The van der Waals surface area contributed by atoms with Crippen molar-refractivity contribution in [3.63, 3.8) is 0 Å². The molecule has 0 radical (unpaired) electrons. The van der Waals surface area contributed by atoms with E-state index < -0.39 is 7.14 Å². The van der Waals surface area contributed by atoms with Gasteiger partial charge in [0.05, 0.1) is 0 Å². The molecule has 2 heteroatoms. The molecule has 1 aromatic rings. The SMILES string of the molecule is C=C/C=C\C(=C/C)P(=O)(C(/C=C\C)=C/C=C)c1ccccc1. The van der Waals surface area contributed by atoms with Crippen molar-refractivity contribution in [3.05, 3.63) is 103 Å². The Bertz CT molecular complexity index is 673. The summed E-state index contributed by atoms with van der Waals surface area (Å²) in [4.78, 5) is 0. The van der Waals surface area contributed by atoms with Crippen LogP contribution < -0.4 is 5.30 Å². The van der Waals surface area contributed by atoms with Crippen molar-refractivity contribution >= 4 is 12.4 Å². The van der Waals surface area contributed by atoms with Gasteiger partial charge in [0.25, 0.3) is 0 Å². The summed E-state index contributed by atoms with van der Waals surface area (Å²) < 4.78 is 14.0. The first-order chi connectivity index (χ1) is 10.6. The normalized spacial score (nSPS) is 15.9. The van der Waals surface area contributed by atoms with E-state index in [4.69, 9.17) is 0 Å². The minimum atomic E-state index is -2.93. The van der Waals surface area contributed by atoms with Crippen LogP contribution in [0.3, 0.4) is 0 Å². The van der Waals surface area contributed by atoms with Gasteiger partial charge in [-0.3, -0.25) is 0 Å². The highest BCUT2D eigenvalue weighted by molar-refractivity contribution is 7.79. The Morgan fingerprint density at radius 2 is 1.68 bits per heavy atom. The Labute approximate surface area is 134 Å². The minimum Gasteiger partial charge on any atom is -0.309 e. The third-order valence-electron chi connectivity index (χ3n) is 3.17. The van der Waals surface area contributed by atoms with Gasteiger partial charge in [0.15, 0.2) is 7.14 Å². The molecular formula is C20H23OP. The number of benzene rings is 1. The first-order valence-electron chi connectivity index (χ1n) is 7.22. The maximum Gasteiger partial charge on any atom is 0.170 e. The molecule has 0 saturated heterocycles. The number of allylic oxidation sites excluding steroid dienone is 10. The molecule has 1 atom stereocenters. The summed E-state index contributed by atoms with van der Waals surface area (Å²) in [5, 5.41) is 2.35. The maximum absolute atomic E-state index is 14.0. The zero-order valence-electron chi connectivity index (χ0n) is 13.3. The molecule has 0 bridgehead atoms.